The van der Waals surface area contributed by atoms with E-state index in [4.69, 9.17) is 4.74 Å². The second kappa shape index (κ2) is 6.10. The number of rotatable bonds is 3. The smallest absolute Gasteiger partial charge is 0.197 e. The Morgan fingerprint density at radius 1 is 1.00 bits per heavy atom. The lowest BCUT2D eigenvalue weighted by atomic mass is 9.97. The number of hydrogen-bond acceptors (Lipinski definition) is 2. The molecule has 104 valence electrons. The van der Waals surface area contributed by atoms with Crippen molar-refractivity contribution < 1.29 is 9.53 Å². The number of methoxy groups -OCH3 is 1. The van der Waals surface area contributed by atoms with Crippen LogP contribution in [-0.4, -0.2) is 12.9 Å². The van der Waals surface area contributed by atoms with Crippen molar-refractivity contribution in [2.24, 2.45) is 0 Å². The van der Waals surface area contributed by atoms with Gasteiger partial charge in [0.05, 0.1) is 12.7 Å². The van der Waals surface area contributed by atoms with E-state index in [0.717, 1.165) is 20.1 Å². The molecule has 0 amide bonds. The van der Waals surface area contributed by atoms with E-state index >= 15 is 0 Å². The maximum atomic E-state index is 12.7. The van der Waals surface area contributed by atoms with Crippen LogP contribution >= 0.6 is 31.9 Å². The Morgan fingerprint density at radius 3 is 2.35 bits per heavy atom. The van der Waals surface area contributed by atoms with E-state index in [1.165, 1.54) is 0 Å². The van der Waals surface area contributed by atoms with E-state index in [9.17, 15) is 4.79 Å². The average molecular weight is 398 g/mol. The minimum atomic E-state index is -0.0404. The van der Waals surface area contributed by atoms with Crippen molar-refractivity contribution in [1.82, 2.24) is 0 Å². The Balaban J connectivity index is 2.58. The van der Waals surface area contributed by atoms with Crippen LogP contribution in [0.15, 0.2) is 39.3 Å². The number of aryl methyl sites for hydroxylation is 2. The zero-order valence-electron chi connectivity index (χ0n) is 11.5. The van der Waals surface area contributed by atoms with Crippen molar-refractivity contribution in [2.45, 2.75) is 13.8 Å². The Kier molecular flexibility index (Phi) is 4.66. The van der Waals surface area contributed by atoms with Crippen LogP contribution in [0.3, 0.4) is 0 Å². The largest absolute Gasteiger partial charge is 0.496 e. The van der Waals surface area contributed by atoms with E-state index in [1.54, 1.807) is 7.11 Å². The molecule has 0 saturated carbocycles. The molecule has 0 N–H and O–H groups in total. The van der Waals surface area contributed by atoms with Crippen molar-refractivity contribution >= 4 is 37.6 Å². The van der Waals surface area contributed by atoms with Crippen LogP contribution in [0.5, 0.6) is 5.75 Å². The number of halogens is 2. The lowest BCUT2D eigenvalue weighted by Crippen LogP contribution is -2.06. The van der Waals surface area contributed by atoms with Gasteiger partial charge in [-0.15, -0.1) is 0 Å². The fourth-order valence-corrected chi connectivity index (χ4v) is 2.69. The standard InChI is InChI=1S/C16H14Br2O2/c1-9-4-5-11(17)7-12(9)16(19)13-8-14(18)10(2)6-15(13)20-3/h4-8H,1-3H3. The molecule has 2 rings (SSSR count). The quantitative estimate of drug-likeness (QED) is 0.676. The van der Waals surface area contributed by atoms with Gasteiger partial charge in [-0.3, -0.25) is 4.79 Å². The van der Waals surface area contributed by atoms with Gasteiger partial charge in [-0.05, 0) is 49.2 Å². The second-order valence-electron chi connectivity index (χ2n) is 4.59. The van der Waals surface area contributed by atoms with Gasteiger partial charge in [0, 0.05) is 14.5 Å². The van der Waals surface area contributed by atoms with E-state index in [-0.39, 0.29) is 5.78 Å². The van der Waals surface area contributed by atoms with Crippen molar-refractivity contribution in [3.8, 4) is 5.75 Å². The summed E-state index contributed by atoms with van der Waals surface area (Å²) in [4.78, 5) is 12.7. The first-order valence-electron chi connectivity index (χ1n) is 6.09. The third kappa shape index (κ3) is 2.96. The fraction of sp³-hybridized carbons (Fsp3) is 0.188. The molecule has 0 radical (unpaired) electrons. The molecule has 0 heterocycles. The van der Waals surface area contributed by atoms with Gasteiger partial charge in [-0.2, -0.15) is 0 Å². The maximum absolute atomic E-state index is 12.7. The molecule has 0 unspecified atom stereocenters. The molecule has 0 aliphatic rings. The van der Waals surface area contributed by atoms with Crippen molar-refractivity contribution in [1.29, 1.82) is 0 Å². The predicted molar refractivity (Wildman–Crippen MR) is 87.7 cm³/mol. The Bertz CT molecular complexity index is 678. The molecule has 20 heavy (non-hydrogen) atoms. The highest BCUT2D eigenvalue weighted by atomic mass is 79.9. The normalized spacial score (nSPS) is 10.4. The monoisotopic (exact) mass is 396 g/mol. The molecule has 0 spiro atoms. The molecule has 2 nitrogen and oxygen atoms in total. The number of ether oxygens (including phenoxy) is 1. The minimum absolute atomic E-state index is 0.0404. The van der Waals surface area contributed by atoms with Crippen LogP contribution in [0.25, 0.3) is 0 Å². The lowest BCUT2D eigenvalue weighted by Gasteiger charge is -2.12. The first-order valence-corrected chi connectivity index (χ1v) is 7.67. The van der Waals surface area contributed by atoms with E-state index in [1.807, 2.05) is 44.2 Å². The molecule has 2 aromatic carbocycles. The minimum Gasteiger partial charge on any atom is -0.496 e. The van der Waals surface area contributed by atoms with Crippen LogP contribution in [0.4, 0.5) is 0 Å². The van der Waals surface area contributed by atoms with Crippen LogP contribution in [0.1, 0.15) is 27.0 Å². The van der Waals surface area contributed by atoms with Gasteiger partial charge in [0.1, 0.15) is 5.75 Å². The Labute approximate surface area is 135 Å². The van der Waals surface area contributed by atoms with Crippen LogP contribution < -0.4 is 4.74 Å². The molecule has 0 fully saturated rings. The Morgan fingerprint density at radius 2 is 1.70 bits per heavy atom. The molecule has 0 aliphatic heterocycles. The number of hydrogen-bond donors (Lipinski definition) is 0. The molecule has 0 bridgehead atoms. The summed E-state index contributed by atoms with van der Waals surface area (Å²) < 4.78 is 7.12. The van der Waals surface area contributed by atoms with E-state index < -0.39 is 0 Å². The summed E-state index contributed by atoms with van der Waals surface area (Å²) in [5, 5.41) is 0. The first kappa shape index (κ1) is 15.3. The highest BCUT2D eigenvalue weighted by Gasteiger charge is 2.18. The third-order valence-electron chi connectivity index (χ3n) is 3.17. The summed E-state index contributed by atoms with van der Waals surface area (Å²) in [6, 6.07) is 9.37. The highest BCUT2D eigenvalue weighted by Crippen LogP contribution is 2.30. The van der Waals surface area contributed by atoms with E-state index in [0.29, 0.717) is 16.9 Å². The molecule has 2 aromatic rings. The topological polar surface area (TPSA) is 26.3 Å². The molecule has 0 aliphatic carbocycles. The fourth-order valence-electron chi connectivity index (χ4n) is 1.99. The summed E-state index contributed by atoms with van der Waals surface area (Å²) in [7, 11) is 1.58. The van der Waals surface area contributed by atoms with Crippen molar-refractivity contribution in [3.63, 3.8) is 0 Å². The second-order valence-corrected chi connectivity index (χ2v) is 6.36. The lowest BCUT2D eigenvalue weighted by molar-refractivity contribution is 0.103. The van der Waals surface area contributed by atoms with Gasteiger partial charge < -0.3 is 4.74 Å². The molecule has 0 atom stereocenters. The summed E-state index contributed by atoms with van der Waals surface area (Å²) in [5.74, 6) is 0.552. The Hall–Kier alpha value is -1.13. The zero-order chi connectivity index (χ0) is 14.9. The number of ketones is 1. The van der Waals surface area contributed by atoms with Crippen molar-refractivity contribution in [3.05, 3.63) is 61.5 Å². The number of benzene rings is 2. The molecule has 4 heteroatoms. The first-order chi connectivity index (χ1) is 9.43. The summed E-state index contributed by atoms with van der Waals surface area (Å²) in [5.41, 5.74) is 3.21. The maximum Gasteiger partial charge on any atom is 0.197 e. The SMILES string of the molecule is COc1cc(C)c(Br)cc1C(=O)c1cc(Br)ccc1C. The predicted octanol–water partition coefficient (Wildman–Crippen LogP) is 5.07. The zero-order valence-corrected chi connectivity index (χ0v) is 14.6. The van der Waals surface area contributed by atoms with Gasteiger partial charge in [0.15, 0.2) is 5.78 Å². The van der Waals surface area contributed by atoms with Gasteiger partial charge >= 0.3 is 0 Å². The molecular formula is C16H14Br2O2. The molecular weight excluding hydrogens is 384 g/mol. The van der Waals surface area contributed by atoms with Gasteiger partial charge in [0.2, 0.25) is 0 Å². The van der Waals surface area contributed by atoms with Gasteiger partial charge in [0.25, 0.3) is 0 Å². The highest BCUT2D eigenvalue weighted by molar-refractivity contribution is 9.10. The average Bonchev–Trinajstić information content (AvgIpc) is 2.43. The van der Waals surface area contributed by atoms with Crippen LogP contribution in [0.2, 0.25) is 0 Å². The third-order valence-corrected chi connectivity index (χ3v) is 4.52. The molecule has 0 saturated heterocycles. The van der Waals surface area contributed by atoms with Crippen LogP contribution in [0, 0.1) is 13.8 Å². The van der Waals surface area contributed by atoms with Gasteiger partial charge in [-0.1, -0.05) is 37.9 Å². The summed E-state index contributed by atoms with van der Waals surface area (Å²) in [6.45, 7) is 3.89. The number of carbonyl (C=O) groups is 1. The van der Waals surface area contributed by atoms with Gasteiger partial charge in [-0.25, -0.2) is 0 Å². The molecule has 0 aromatic heterocycles. The van der Waals surface area contributed by atoms with E-state index in [2.05, 4.69) is 31.9 Å². The van der Waals surface area contributed by atoms with Crippen LogP contribution in [-0.2, 0) is 0 Å². The summed E-state index contributed by atoms with van der Waals surface area (Å²) in [6.07, 6.45) is 0. The summed E-state index contributed by atoms with van der Waals surface area (Å²) >= 11 is 6.87. The number of carbonyl (C=O) groups excluding carboxylic acids is 1. The van der Waals surface area contributed by atoms with Crippen molar-refractivity contribution in [2.75, 3.05) is 7.11 Å².